The molecule has 2 rings (SSSR count). The maximum absolute atomic E-state index is 12.2. The van der Waals surface area contributed by atoms with Crippen molar-refractivity contribution < 1.29 is 40.0 Å². The minimum absolute atomic E-state index is 0. The van der Waals surface area contributed by atoms with Crippen molar-refractivity contribution in [2.75, 3.05) is 0 Å². The first-order valence-electron chi connectivity index (χ1n) is 11.1. The fraction of sp³-hybridized carbons (Fsp3) is 0.500. The standard InChI is InChI=1S/C14H20F3NO2S.C10H12F3NO.ClH/c1-5-12(18-21(19)13(2,3)4)10-7-6-8-11(9-10)20-14(15,16)17;1-2-9(14)7-4-3-5-8(6-7)15-10(11,12)13;/h6-9,12,18H,5H2,1-4H3;3-6,9H,2,14H2,1H3;1H/t12-,21+;9-;/m00./s1. The highest BCUT2D eigenvalue weighted by atomic mass is 35.5. The van der Waals surface area contributed by atoms with Crippen LogP contribution in [0.1, 0.15) is 70.7 Å². The Balaban J connectivity index is 0.000000718. The summed E-state index contributed by atoms with van der Waals surface area (Å²) in [7, 11) is -1.31. The molecular formula is C24H33ClF6N2O3S. The summed E-state index contributed by atoms with van der Waals surface area (Å²) in [5.41, 5.74) is 6.94. The van der Waals surface area contributed by atoms with Crippen LogP contribution in [-0.2, 0) is 11.0 Å². The molecule has 5 nitrogen and oxygen atoms in total. The molecule has 212 valence electrons. The average Bonchev–Trinajstić information content (AvgIpc) is 2.74. The predicted octanol–water partition coefficient (Wildman–Crippen LogP) is 7.50. The van der Waals surface area contributed by atoms with E-state index < -0.39 is 28.5 Å². The summed E-state index contributed by atoms with van der Waals surface area (Å²) in [5.74, 6) is -0.509. The van der Waals surface area contributed by atoms with E-state index in [-0.39, 0.29) is 36.0 Å². The fourth-order valence-corrected chi connectivity index (χ4v) is 3.71. The van der Waals surface area contributed by atoms with Gasteiger partial charge in [-0.3, -0.25) is 0 Å². The lowest BCUT2D eigenvalue weighted by Crippen LogP contribution is -2.35. The number of hydrogen-bond acceptors (Lipinski definition) is 4. The van der Waals surface area contributed by atoms with Crippen LogP contribution in [0.2, 0.25) is 0 Å². The first-order valence-corrected chi connectivity index (χ1v) is 12.2. The van der Waals surface area contributed by atoms with Crippen LogP contribution in [-0.4, -0.2) is 21.7 Å². The third kappa shape index (κ3) is 13.9. The van der Waals surface area contributed by atoms with Crippen molar-refractivity contribution >= 4 is 23.4 Å². The van der Waals surface area contributed by atoms with Gasteiger partial charge in [0.2, 0.25) is 0 Å². The van der Waals surface area contributed by atoms with Crippen molar-refractivity contribution in [3.8, 4) is 11.5 Å². The summed E-state index contributed by atoms with van der Waals surface area (Å²) in [5, 5.41) is 0. The maximum atomic E-state index is 12.2. The highest BCUT2D eigenvalue weighted by Gasteiger charge is 2.32. The molecule has 0 saturated heterocycles. The minimum Gasteiger partial charge on any atom is -0.406 e. The smallest absolute Gasteiger partial charge is 0.406 e. The Morgan fingerprint density at radius 1 is 0.838 bits per heavy atom. The van der Waals surface area contributed by atoms with E-state index in [1.54, 1.807) is 12.1 Å². The molecule has 0 aliphatic rings. The maximum Gasteiger partial charge on any atom is 0.573 e. The molecule has 2 aromatic rings. The number of nitrogens with one attached hydrogen (secondary N) is 1. The molecule has 37 heavy (non-hydrogen) atoms. The largest absolute Gasteiger partial charge is 0.573 e. The van der Waals surface area contributed by atoms with Crippen LogP contribution in [0, 0.1) is 0 Å². The molecule has 0 amide bonds. The Bertz CT molecular complexity index is 984. The minimum atomic E-state index is -4.72. The molecule has 0 aliphatic carbocycles. The van der Waals surface area contributed by atoms with Crippen LogP contribution < -0.4 is 19.9 Å². The van der Waals surface area contributed by atoms with Crippen molar-refractivity contribution in [1.82, 2.24) is 4.72 Å². The second kappa shape index (κ2) is 14.8. The van der Waals surface area contributed by atoms with E-state index in [9.17, 15) is 30.6 Å². The van der Waals surface area contributed by atoms with Gasteiger partial charge < -0.3 is 15.2 Å². The summed E-state index contributed by atoms with van der Waals surface area (Å²) in [6.07, 6.45) is -8.12. The SMILES string of the molecule is CC[C@H](N)c1cccc(OC(F)(F)F)c1.CC[C@H](N[S@](=O)C(C)(C)C)c1cccc(OC(F)(F)F)c1.Cl. The highest BCUT2D eigenvalue weighted by Crippen LogP contribution is 2.28. The summed E-state index contributed by atoms with van der Waals surface area (Å²) < 4.78 is 94.7. The average molecular weight is 579 g/mol. The van der Waals surface area contributed by atoms with E-state index in [0.717, 1.165) is 0 Å². The zero-order valence-corrected chi connectivity index (χ0v) is 22.7. The van der Waals surface area contributed by atoms with Gasteiger partial charge in [-0.1, -0.05) is 38.1 Å². The molecule has 0 aliphatic heterocycles. The van der Waals surface area contributed by atoms with Crippen molar-refractivity contribution in [1.29, 1.82) is 0 Å². The van der Waals surface area contributed by atoms with E-state index in [1.165, 1.54) is 36.4 Å². The molecule has 3 atom stereocenters. The lowest BCUT2D eigenvalue weighted by atomic mass is 10.1. The number of halogens is 7. The van der Waals surface area contributed by atoms with E-state index in [4.69, 9.17) is 5.73 Å². The highest BCUT2D eigenvalue weighted by molar-refractivity contribution is 7.84. The zero-order valence-electron chi connectivity index (χ0n) is 21.1. The molecule has 0 aromatic heterocycles. The van der Waals surface area contributed by atoms with Gasteiger partial charge in [0, 0.05) is 12.1 Å². The Hall–Kier alpha value is -2.02. The Morgan fingerprint density at radius 2 is 1.27 bits per heavy atom. The van der Waals surface area contributed by atoms with Gasteiger partial charge in [-0.2, -0.15) is 0 Å². The van der Waals surface area contributed by atoms with Crippen molar-refractivity contribution in [3.05, 3.63) is 59.7 Å². The van der Waals surface area contributed by atoms with Gasteiger partial charge in [0.1, 0.15) is 11.5 Å². The zero-order chi connectivity index (χ0) is 27.7. The van der Waals surface area contributed by atoms with E-state index in [2.05, 4.69) is 14.2 Å². The van der Waals surface area contributed by atoms with Crippen molar-refractivity contribution in [3.63, 3.8) is 0 Å². The van der Waals surface area contributed by atoms with Crippen LogP contribution in [0.4, 0.5) is 26.3 Å². The first kappa shape index (κ1) is 35.0. The molecule has 0 fully saturated rings. The van der Waals surface area contributed by atoms with Crippen LogP contribution in [0.5, 0.6) is 11.5 Å². The normalized spacial score (nSPS) is 14.4. The van der Waals surface area contributed by atoms with Gasteiger partial charge >= 0.3 is 12.7 Å². The third-order valence-corrected chi connectivity index (χ3v) is 6.28. The van der Waals surface area contributed by atoms with Crippen LogP contribution >= 0.6 is 12.4 Å². The second-order valence-electron chi connectivity index (χ2n) is 8.72. The lowest BCUT2D eigenvalue weighted by molar-refractivity contribution is -0.275. The fourth-order valence-electron chi connectivity index (χ4n) is 2.80. The lowest BCUT2D eigenvalue weighted by Gasteiger charge is -2.24. The monoisotopic (exact) mass is 578 g/mol. The predicted molar refractivity (Wildman–Crippen MR) is 135 cm³/mol. The quantitative estimate of drug-likeness (QED) is 0.318. The summed E-state index contributed by atoms with van der Waals surface area (Å²) in [6.45, 7) is 9.21. The van der Waals surface area contributed by atoms with Crippen molar-refractivity contribution in [2.24, 2.45) is 5.73 Å². The molecule has 0 radical (unpaired) electrons. The summed E-state index contributed by atoms with van der Waals surface area (Å²) in [6, 6.07) is 10.9. The topological polar surface area (TPSA) is 73.6 Å². The Kier molecular flexibility index (Phi) is 14.0. The second-order valence-corrected chi connectivity index (χ2v) is 10.7. The number of alkyl halides is 6. The molecule has 0 bridgehead atoms. The molecule has 3 N–H and O–H groups in total. The van der Waals surface area contributed by atoms with Gasteiger partial charge in [0.25, 0.3) is 0 Å². The number of rotatable bonds is 8. The van der Waals surface area contributed by atoms with E-state index in [1.807, 2.05) is 34.6 Å². The molecule has 0 heterocycles. The van der Waals surface area contributed by atoms with Gasteiger partial charge in [-0.25, -0.2) is 8.93 Å². The summed E-state index contributed by atoms with van der Waals surface area (Å²) in [4.78, 5) is 0. The Morgan fingerprint density at radius 3 is 1.65 bits per heavy atom. The van der Waals surface area contributed by atoms with Crippen molar-refractivity contribution in [2.45, 2.75) is 77.0 Å². The van der Waals surface area contributed by atoms with Gasteiger partial charge in [0.15, 0.2) is 0 Å². The van der Waals surface area contributed by atoms with Gasteiger partial charge in [0.05, 0.1) is 15.7 Å². The van der Waals surface area contributed by atoms with Crippen LogP contribution in [0.3, 0.4) is 0 Å². The molecule has 0 saturated carbocycles. The number of benzene rings is 2. The Labute approximate surface area is 222 Å². The first-order chi connectivity index (χ1) is 16.4. The summed E-state index contributed by atoms with van der Waals surface area (Å²) >= 11 is 0. The number of ether oxygens (including phenoxy) is 2. The molecule has 13 heteroatoms. The molecule has 0 spiro atoms. The molecular weight excluding hydrogens is 546 g/mol. The van der Waals surface area contributed by atoms with Gasteiger partial charge in [-0.05, 0) is 69.0 Å². The van der Waals surface area contributed by atoms with Crippen LogP contribution in [0.25, 0.3) is 0 Å². The van der Waals surface area contributed by atoms with Crippen LogP contribution in [0.15, 0.2) is 48.5 Å². The number of hydrogen-bond donors (Lipinski definition) is 2. The van der Waals surface area contributed by atoms with Gasteiger partial charge in [-0.15, -0.1) is 38.7 Å². The number of nitrogens with two attached hydrogens (primary N) is 1. The molecule has 0 unspecified atom stereocenters. The van der Waals surface area contributed by atoms with E-state index >= 15 is 0 Å². The third-order valence-electron chi connectivity index (χ3n) is 4.67. The molecule has 2 aromatic carbocycles. The van der Waals surface area contributed by atoms with E-state index in [0.29, 0.717) is 24.0 Å².